The molecule has 0 aliphatic rings. The third-order valence-electron chi connectivity index (χ3n) is 2.78. The van der Waals surface area contributed by atoms with E-state index in [1.807, 2.05) is 12.1 Å². The lowest BCUT2D eigenvalue weighted by Gasteiger charge is -2.06. The number of benzene rings is 1. The zero-order valence-electron chi connectivity index (χ0n) is 12.1. The lowest BCUT2D eigenvalue weighted by molar-refractivity contribution is -0.142. The molecule has 0 fully saturated rings. The molecular formula is C16H13BrFNO3S. The van der Waals surface area contributed by atoms with Crippen LogP contribution in [0.15, 0.2) is 40.2 Å². The average molecular weight is 398 g/mol. The maximum atomic E-state index is 13.4. The second-order valence-electron chi connectivity index (χ2n) is 4.60. The van der Waals surface area contributed by atoms with Crippen LogP contribution in [0.25, 0.3) is 6.08 Å². The quantitative estimate of drug-likeness (QED) is 0.608. The minimum Gasteiger partial charge on any atom is -0.452 e. The number of esters is 1. The summed E-state index contributed by atoms with van der Waals surface area (Å²) >= 11 is 4.78. The number of rotatable bonds is 5. The van der Waals surface area contributed by atoms with Crippen LogP contribution in [0.5, 0.6) is 0 Å². The zero-order chi connectivity index (χ0) is 16.8. The van der Waals surface area contributed by atoms with Gasteiger partial charge in [-0.15, -0.1) is 11.3 Å². The molecule has 2 rings (SSSR count). The molecule has 0 atom stereocenters. The van der Waals surface area contributed by atoms with E-state index < -0.39 is 24.3 Å². The van der Waals surface area contributed by atoms with Gasteiger partial charge in [0.15, 0.2) is 6.61 Å². The first kappa shape index (κ1) is 17.4. The Morgan fingerprint density at radius 3 is 2.78 bits per heavy atom. The number of ether oxygens (including phenoxy) is 1. The fourth-order valence-electron chi connectivity index (χ4n) is 1.62. The van der Waals surface area contributed by atoms with Crippen LogP contribution in [0, 0.1) is 12.7 Å². The van der Waals surface area contributed by atoms with Gasteiger partial charge in [-0.05, 0) is 58.8 Å². The Labute approximate surface area is 145 Å². The summed E-state index contributed by atoms with van der Waals surface area (Å²) in [6.45, 7) is 1.19. The van der Waals surface area contributed by atoms with E-state index in [0.29, 0.717) is 11.3 Å². The number of thiophene rings is 1. The first-order valence-corrected chi connectivity index (χ1v) is 8.21. The van der Waals surface area contributed by atoms with Gasteiger partial charge in [0.05, 0.1) is 3.79 Å². The van der Waals surface area contributed by atoms with Crippen LogP contribution in [0.3, 0.4) is 0 Å². The van der Waals surface area contributed by atoms with E-state index in [1.165, 1.54) is 23.5 Å². The third kappa shape index (κ3) is 5.61. The highest BCUT2D eigenvalue weighted by molar-refractivity contribution is 9.11. The average Bonchev–Trinajstić information content (AvgIpc) is 2.92. The topological polar surface area (TPSA) is 55.4 Å². The summed E-state index contributed by atoms with van der Waals surface area (Å²) in [5, 5.41) is 2.46. The van der Waals surface area contributed by atoms with Gasteiger partial charge in [-0.3, -0.25) is 4.79 Å². The van der Waals surface area contributed by atoms with Gasteiger partial charge in [0.2, 0.25) is 0 Å². The Balaban J connectivity index is 1.80. The van der Waals surface area contributed by atoms with Crippen molar-refractivity contribution in [1.29, 1.82) is 0 Å². The van der Waals surface area contributed by atoms with Crippen molar-refractivity contribution in [2.24, 2.45) is 0 Å². The van der Waals surface area contributed by atoms with E-state index in [2.05, 4.69) is 21.2 Å². The number of anilines is 1. The molecule has 120 valence electrons. The van der Waals surface area contributed by atoms with Crippen LogP contribution in [0.1, 0.15) is 10.4 Å². The number of nitrogens with one attached hydrogen (secondary N) is 1. The Morgan fingerprint density at radius 2 is 2.13 bits per heavy atom. The van der Waals surface area contributed by atoms with E-state index >= 15 is 0 Å². The maximum absolute atomic E-state index is 13.4. The molecule has 0 saturated carbocycles. The fourth-order valence-corrected chi connectivity index (χ4v) is 2.95. The van der Waals surface area contributed by atoms with E-state index in [0.717, 1.165) is 8.66 Å². The van der Waals surface area contributed by atoms with Gasteiger partial charge < -0.3 is 10.1 Å². The molecule has 4 nitrogen and oxygen atoms in total. The molecule has 0 spiro atoms. The summed E-state index contributed by atoms with van der Waals surface area (Å²) in [7, 11) is 0. The highest BCUT2D eigenvalue weighted by Gasteiger charge is 2.07. The molecule has 0 saturated heterocycles. The van der Waals surface area contributed by atoms with Gasteiger partial charge in [-0.1, -0.05) is 6.07 Å². The number of hydrogen-bond donors (Lipinski definition) is 1. The molecule has 1 aromatic heterocycles. The first-order chi connectivity index (χ1) is 10.9. The summed E-state index contributed by atoms with van der Waals surface area (Å²) in [4.78, 5) is 24.1. The van der Waals surface area contributed by atoms with Gasteiger partial charge in [0.25, 0.3) is 5.91 Å². The normalized spacial score (nSPS) is 10.7. The Morgan fingerprint density at radius 1 is 1.35 bits per heavy atom. The molecule has 23 heavy (non-hydrogen) atoms. The van der Waals surface area contributed by atoms with Crippen molar-refractivity contribution in [3.63, 3.8) is 0 Å². The van der Waals surface area contributed by atoms with Gasteiger partial charge >= 0.3 is 5.97 Å². The molecular weight excluding hydrogens is 385 g/mol. The minimum atomic E-state index is -0.625. The maximum Gasteiger partial charge on any atom is 0.331 e. The molecule has 1 aromatic carbocycles. The third-order valence-corrected chi connectivity index (χ3v) is 4.37. The van der Waals surface area contributed by atoms with Crippen LogP contribution in [0.4, 0.5) is 10.1 Å². The smallest absolute Gasteiger partial charge is 0.331 e. The van der Waals surface area contributed by atoms with Crippen LogP contribution in [-0.2, 0) is 14.3 Å². The van der Waals surface area contributed by atoms with Gasteiger partial charge in [0.1, 0.15) is 5.82 Å². The zero-order valence-corrected chi connectivity index (χ0v) is 14.5. The molecule has 0 aliphatic carbocycles. The molecule has 1 heterocycles. The molecule has 0 unspecified atom stereocenters. The standard InChI is InChI=1S/C16H13BrFNO3S/c1-10-2-3-11(8-13(10)18)19-15(20)9-22-16(21)7-5-12-4-6-14(17)23-12/h2-8H,9H2,1H3,(H,19,20)/b7-5+. The molecule has 0 radical (unpaired) electrons. The van der Waals surface area contributed by atoms with Crippen molar-refractivity contribution >= 4 is 50.9 Å². The van der Waals surface area contributed by atoms with E-state index in [9.17, 15) is 14.0 Å². The van der Waals surface area contributed by atoms with Crippen molar-refractivity contribution in [2.45, 2.75) is 6.92 Å². The molecule has 0 bridgehead atoms. The summed E-state index contributed by atoms with van der Waals surface area (Å²) in [6, 6.07) is 8.05. The number of carbonyl (C=O) groups is 2. The molecule has 2 aromatic rings. The van der Waals surface area contributed by atoms with Crippen LogP contribution in [-0.4, -0.2) is 18.5 Å². The van der Waals surface area contributed by atoms with Crippen LogP contribution < -0.4 is 5.32 Å². The highest BCUT2D eigenvalue weighted by atomic mass is 79.9. The van der Waals surface area contributed by atoms with E-state index in [1.54, 1.807) is 25.1 Å². The van der Waals surface area contributed by atoms with Gasteiger partial charge in [-0.2, -0.15) is 0 Å². The Hall–Kier alpha value is -1.99. The second kappa shape index (κ2) is 8.03. The Kier molecular flexibility index (Phi) is 6.06. The number of amides is 1. The molecule has 1 amide bonds. The number of hydrogen-bond acceptors (Lipinski definition) is 4. The summed E-state index contributed by atoms with van der Waals surface area (Å²) in [5.74, 6) is -1.57. The highest BCUT2D eigenvalue weighted by Crippen LogP contribution is 2.22. The van der Waals surface area contributed by atoms with Crippen molar-refractivity contribution in [3.05, 3.63) is 56.5 Å². The van der Waals surface area contributed by atoms with Crippen LogP contribution in [0.2, 0.25) is 0 Å². The lowest BCUT2D eigenvalue weighted by atomic mass is 10.2. The van der Waals surface area contributed by atoms with Gasteiger partial charge in [0, 0.05) is 16.6 Å². The predicted octanol–water partition coefficient (Wildman–Crippen LogP) is 4.15. The van der Waals surface area contributed by atoms with Gasteiger partial charge in [-0.25, -0.2) is 9.18 Å². The SMILES string of the molecule is Cc1ccc(NC(=O)COC(=O)/C=C/c2ccc(Br)s2)cc1F. The number of carbonyl (C=O) groups excluding carboxylic acids is 2. The van der Waals surface area contributed by atoms with Crippen molar-refractivity contribution in [1.82, 2.24) is 0 Å². The summed E-state index contributed by atoms with van der Waals surface area (Å²) in [5.41, 5.74) is 0.799. The van der Waals surface area contributed by atoms with Crippen molar-refractivity contribution < 1.29 is 18.7 Å². The summed E-state index contributed by atoms with van der Waals surface area (Å²) in [6.07, 6.45) is 2.85. The lowest BCUT2D eigenvalue weighted by Crippen LogP contribution is -2.20. The fraction of sp³-hybridized carbons (Fsp3) is 0.125. The van der Waals surface area contributed by atoms with Crippen molar-refractivity contribution in [3.8, 4) is 0 Å². The second-order valence-corrected chi connectivity index (χ2v) is 7.09. The monoisotopic (exact) mass is 397 g/mol. The predicted molar refractivity (Wildman–Crippen MR) is 91.8 cm³/mol. The molecule has 7 heteroatoms. The number of aryl methyl sites for hydroxylation is 1. The Bertz CT molecular complexity index is 758. The summed E-state index contributed by atoms with van der Waals surface area (Å²) < 4.78 is 19.1. The van der Waals surface area contributed by atoms with E-state index in [-0.39, 0.29) is 0 Å². The minimum absolute atomic E-state index is 0.313. The van der Waals surface area contributed by atoms with Crippen LogP contribution >= 0.6 is 27.3 Å². The largest absolute Gasteiger partial charge is 0.452 e. The molecule has 0 aliphatic heterocycles. The van der Waals surface area contributed by atoms with E-state index in [4.69, 9.17) is 4.74 Å². The molecule has 1 N–H and O–H groups in total. The number of halogens is 2. The first-order valence-electron chi connectivity index (χ1n) is 6.60. The van der Waals surface area contributed by atoms with Crippen molar-refractivity contribution in [2.75, 3.05) is 11.9 Å².